The summed E-state index contributed by atoms with van der Waals surface area (Å²) in [6.45, 7) is 5.17. The highest BCUT2D eigenvalue weighted by atomic mass is 32.2. The van der Waals surface area contributed by atoms with Crippen LogP contribution in [0.25, 0.3) is 0 Å². The zero-order chi connectivity index (χ0) is 13.4. The van der Waals surface area contributed by atoms with Crippen molar-refractivity contribution in [2.24, 2.45) is 0 Å². The molecule has 1 atom stereocenters. The Balaban J connectivity index is 2.28. The molecule has 0 saturated heterocycles. The van der Waals surface area contributed by atoms with Crippen LogP contribution in [0.3, 0.4) is 0 Å². The second-order valence-corrected chi connectivity index (χ2v) is 8.17. The number of hydrogen-bond donors (Lipinski definition) is 1. The van der Waals surface area contributed by atoms with E-state index in [-0.39, 0.29) is 5.25 Å². The number of nitrogens with one attached hydrogen (secondary N) is 1. The topological polar surface area (TPSA) is 46.2 Å². The van der Waals surface area contributed by atoms with E-state index in [1.54, 1.807) is 18.3 Å². The summed E-state index contributed by atoms with van der Waals surface area (Å²) < 4.78 is 23.9. The van der Waals surface area contributed by atoms with Crippen molar-refractivity contribution >= 4 is 21.2 Å². The molecule has 1 aromatic rings. The Labute approximate surface area is 115 Å². The standard InChI is InChI=1S/C13H23NO2S2/c1-3-4-5-9-18(15,16)12(2)10-14-11-13-7-6-8-17-13/h6-8,12,14H,3-5,9-11H2,1-2H3. The first kappa shape index (κ1) is 15.7. The van der Waals surface area contributed by atoms with E-state index in [1.807, 2.05) is 11.4 Å². The molecule has 0 spiro atoms. The van der Waals surface area contributed by atoms with Crippen LogP contribution in [-0.2, 0) is 16.4 Å². The quantitative estimate of drug-likeness (QED) is 0.711. The van der Waals surface area contributed by atoms with E-state index in [0.717, 1.165) is 25.8 Å². The summed E-state index contributed by atoms with van der Waals surface area (Å²) >= 11 is 1.69. The summed E-state index contributed by atoms with van der Waals surface area (Å²) in [5.74, 6) is 0.322. The number of rotatable bonds is 9. The van der Waals surface area contributed by atoms with Gasteiger partial charge in [0.15, 0.2) is 9.84 Å². The van der Waals surface area contributed by atoms with E-state index in [1.165, 1.54) is 4.88 Å². The van der Waals surface area contributed by atoms with Gasteiger partial charge in [0.05, 0.1) is 11.0 Å². The Hall–Kier alpha value is -0.390. The van der Waals surface area contributed by atoms with E-state index in [4.69, 9.17) is 0 Å². The maximum Gasteiger partial charge on any atom is 0.154 e. The monoisotopic (exact) mass is 289 g/mol. The third-order valence-corrected chi connectivity index (χ3v) is 6.08. The minimum atomic E-state index is -2.93. The lowest BCUT2D eigenvalue weighted by molar-refractivity contribution is 0.567. The predicted molar refractivity (Wildman–Crippen MR) is 78.8 cm³/mol. The molecular weight excluding hydrogens is 266 g/mol. The molecule has 1 unspecified atom stereocenters. The molecule has 0 fully saturated rings. The highest BCUT2D eigenvalue weighted by Crippen LogP contribution is 2.09. The zero-order valence-corrected chi connectivity index (χ0v) is 12.8. The molecule has 0 aliphatic rings. The molecule has 0 aromatic carbocycles. The van der Waals surface area contributed by atoms with E-state index in [2.05, 4.69) is 18.3 Å². The number of thiophene rings is 1. The summed E-state index contributed by atoms with van der Waals surface area (Å²) in [5, 5.41) is 4.95. The van der Waals surface area contributed by atoms with E-state index in [9.17, 15) is 8.42 Å². The lowest BCUT2D eigenvalue weighted by Crippen LogP contribution is -2.32. The lowest BCUT2D eigenvalue weighted by atomic mass is 10.3. The van der Waals surface area contributed by atoms with Gasteiger partial charge in [-0.25, -0.2) is 8.42 Å². The number of sulfone groups is 1. The highest BCUT2D eigenvalue weighted by Gasteiger charge is 2.19. The fourth-order valence-corrected chi connectivity index (χ4v) is 3.75. The highest BCUT2D eigenvalue weighted by molar-refractivity contribution is 7.92. The van der Waals surface area contributed by atoms with Crippen molar-refractivity contribution in [3.63, 3.8) is 0 Å². The largest absolute Gasteiger partial charge is 0.311 e. The van der Waals surface area contributed by atoms with Crippen molar-refractivity contribution < 1.29 is 8.42 Å². The average molecular weight is 289 g/mol. The zero-order valence-electron chi connectivity index (χ0n) is 11.2. The SMILES string of the molecule is CCCCCS(=O)(=O)C(C)CNCc1cccs1. The van der Waals surface area contributed by atoms with Gasteiger partial charge in [0.25, 0.3) is 0 Å². The van der Waals surface area contributed by atoms with Gasteiger partial charge in [-0.15, -0.1) is 11.3 Å². The van der Waals surface area contributed by atoms with Gasteiger partial charge < -0.3 is 5.32 Å². The molecule has 3 nitrogen and oxygen atoms in total. The van der Waals surface area contributed by atoms with Crippen LogP contribution < -0.4 is 5.32 Å². The molecule has 104 valence electrons. The molecule has 0 bridgehead atoms. The normalized spacial score (nSPS) is 13.7. The lowest BCUT2D eigenvalue weighted by Gasteiger charge is -2.13. The maximum atomic E-state index is 12.0. The Morgan fingerprint density at radius 2 is 2.17 bits per heavy atom. The third kappa shape index (κ3) is 5.50. The maximum absolute atomic E-state index is 12.0. The molecule has 1 N–H and O–H groups in total. The van der Waals surface area contributed by atoms with Crippen molar-refractivity contribution in [1.82, 2.24) is 5.32 Å². The summed E-state index contributed by atoms with van der Waals surface area (Å²) in [5.41, 5.74) is 0. The second kappa shape index (κ2) is 7.92. The summed E-state index contributed by atoms with van der Waals surface area (Å²) in [6.07, 6.45) is 2.84. The van der Waals surface area contributed by atoms with E-state index < -0.39 is 9.84 Å². The van der Waals surface area contributed by atoms with Crippen LogP contribution in [0.15, 0.2) is 17.5 Å². The van der Waals surface area contributed by atoms with Crippen LogP contribution in [-0.4, -0.2) is 26.0 Å². The molecule has 1 rings (SSSR count). The fraction of sp³-hybridized carbons (Fsp3) is 0.692. The van der Waals surface area contributed by atoms with Gasteiger partial charge in [0.2, 0.25) is 0 Å². The van der Waals surface area contributed by atoms with Gasteiger partial charge in [-0.05, 0) is 24.8 Å². The van der Waals surface area contributed by atoms with Gasteiger partial charge in [-0.2, -0.15) is 0 Å². The number of hydrogen-bond acceptors (Lipinski definition) is 4. The van der Waals surface area contributed by atoms with Gasteiger partial charge in [0.1, 0.15) is 0 Å². The molecule has 0 saturated carbocycles. The fourth-order valence-electron chi connectivity index (χ4n) is 1.69. The van der Waals surface area contributed by atoms with Gasteiger partial charge in [-0.3, -0.25) is 0 Å². The average Bonchev–Trinajstić information content (AvgIpc) is 2.82. The molecular formula is C13H23NO2S2. The Morgan fingerprint density at radius 1 is 1.39 bits per heavy atom. The first-order valence-electron chi connectivity index (χ1n) is 6.51. The summed E-state index contributed by atoms with van der Waals surface area (Å²) in [7, 11) is -2.93. The minimum Gasteiger partial charge on any atom is -0.311 e. The van der Waals surface area contributed by atoms with Crippen LogP contribution in [0, 0.1) is 0 Å². The van der Waals surface area contributed by atoms with Crippen molar-refractivity contribution in [2.45, 2.75) is 44.9 Å². The van der Waals surface area contributed by atoms with Gasteiger partial charge in [-0.1, -0.05) is 25.8 Å². The molecule has 0 amide bonds. The van der Waals surface area contributed by atoms with Crippen molar-refractivity contribution in [3.05, 3.63) is 22.4 Å². The molecule has 0 aliphatic carbocycles. The Bertz CT molecular complexity index is 412. The van der Waals surface area contributed by atoms with Crippen LogP contribution in [0.4, 0.5) is 0 Å². The van der Waals surface area contributed by atoms with Crippen molar-refractivity contribution in [3.8, 4) is 0 Å². The van der Waals surface area contributed by atoms with Crippen molar-refractivity contribution in [1.29, 1.82) is 0 Å². The van der Waals surface area contributed by atoms with E-state index >= 15 is 0 Å². The van der Waals surface area contributed by atoms with Crippen LogP contribution in [0.5, 0.6) is 0 Å². The van der Waals surface area contributed by atoms with Crippen LogP contribution >= 0.6 is 11.3 Å². The smallest absolute Gasteiger partial charge is 0.154 e. The Morgan fingerprint density at radius 3 is 2.78 bits per heavy atom. The summed E-state index contributed by atoms with van der Waals surface area (Å²) in [6, 6.07) is 4.06. The molecule has 5 heteroatoms. The molecule has 0 radical (unpaired) electrons. The molecule has 0 aliphatic heterocycles. The summed E-state index contributed by atoms with van der Waals surface area (Å²) in [4.78, 5) is 1.24. The first-order valence-corrected chi connectivity index (χ1v) is 9.10. The molecule has 18 heavy (non-hydrogen) atoms. The van der Waals surface area contributed by atoms with Gasteiger partial charge >= 0.3 is 0 Å². The number of unbranched alkanes of at least 4 members (excludes halogenated alkanes) is 2. The van der Waals surface area contributed by atoms with Crippen molar-refractivity contribution in [2.75, 3.05) is 12.3 Å². The van der Waals surface area contributed by atoms with Crippen LogP contribution in [0.2, 0.25) is 0 Å². The third-order valence-electron chi connectivity index (χ3n) is 2.96. The van der Waals surface area contributed by atoms with Crippen LogP contribution in [0.1, 0.15) is 38.0 Å². The van der Waals surface area contributed by atoms with E-state index in [0.29, 0.717) is 12.3 Å². The Kier molecular flexibility index (Phi) is 6.89. The molecule has 1 aromatic heterocycles. The second-order valence-electron chi connectivity index (χ2n) is 4.59. The minimum absolute atomic E-state index is 0.297. The molecule has 1 heterocycles. The first-order chi connectivity index (χ1) is 8.56. The predicted octanol–water partition coefficient (Wildman–Crippen LogP) is 2.83. The van der Waals surface area contributed by atoms with Gasteiger partial charge in [0, 0.05) is 18.0 Å².